The van der Waals surface area contributed by atoms with Crippen LogP contribution in [0.15, 0.2) is 40.7 Å². The van der Waals surface area contributed by atoms with Crippen LogP contribution in [0.25, 0.3) is 0 Å². The fourth-order valence-electron chi connectivity index (χ4n) is 3.12. The monoisotopic (exact) mass is 401 g/mol. The van der Waals surface area contributed by atoms with Crippen molar-refractivity contribution in [3.05, 3.63) is 41.1 Å². The smallest absolute Gasteiger partial charge is 0.338 e. The van der Waals surface area contributed by atoms with Crippen molar-refractivity contribution in [2.75, 3.05) is 36.7 Å². The van der Waals surface area contributed by atoms with Gasteiger partial charge in [0.2, 0.25) is 11.1 Å². The van der Waals surface area contributed by atoms with Crippen molar-refractivity contribution in [2.24, 2.45) is 0 Å². The number of ether oxygens (including phenoxy) is 1. The number of thioether (sulfide) groups is 1. The van der Waals surface area contributed by atoms with Gasteiger partial charge in [0.15, 0.2) is 0 Å². The molecular formula is C20H27N5O2S. The van der Waals surface area contributed by atoms with Gasteiger partial charge in [-0.3, -0.25) is 0 Å². The van der Waals surface area contributed by atoms with Gasteiger partial charge in [-0.15, -0.1) is 5.10 Å². The first kappa shape index (κ1) is 20.3. The first-order valence-corrected chi connectivity index (χ1v) is 10.5. The van der Waals surface area contributed by atoms with E-state index in [1.54, 1.807) is 16.4 Å². The van der Waals surface area contributed by atoms with E-state index >= 15 is 0 Å². The first-order valence-electron chi connectivity index (χ1n) is 9.47. The first-order chi connectivity index (χ1) is 13.5. The Bertz CT molecular complexity index is 873. The summed E-state index contributed by atoms with van der Waals surface area (Å²) in [6.07, 6.45) is 1.04. The van der Waals surface area contributed by atoms with Crippen LogP contribution in [0.4, 0.5) is 11.6 Å². The zero-order chi connectivity index (χ0) is 20.3. The summed E-state index contributed by atoms with van der Waals surface area (Å²) in [6.45, 7) is 6.14. The van der Waals surface area contributed by atoms with Gasteiger partial charge in [0, 0.05) is 31.2 Å². The molecule has 2 aromatic rings. The maximum atomic E-state index is 12.8. The van der Waals surface area contributed by atoms with Crippen LogP contribution < -0.4 is 10.2 Å². The fourth-order valence-corrected chi connectivity index (χ4v) is 3.81. The van der Waals surface area contributed by atoms with Crippen molar-refractivity contribution in [1.82, 2.24) is 14.8 Å². The molecule has 3 rings (SSSR count). The van der Waals surface area contributed by atoms with E-state index in [0.717, 1.165) is 29.1 Å². The maximum Gasteiger partial charge on any atom is 0.338 e. The Balaban J connectivity index is 2.07. The molecule has 0 amide bonds. The van der Waals surface area contributed by atoms with E-state index in [1.807, 2.05) is 57.1 Å². The zero-order valence-electron chi connectivity index (χ0n) is 17.0. The highest BCUT2D eigenvalue weighted by molar-refractivity contribution is 7.99. The number of anilines is 2. The number of benzene rings is 1. The molecule has 1 aliphatic rings. The maximum absolute atomic E-state index is 12.8. The van der Waals surface area contributed by atoms with Gasteiger partial charge in [0.1, 0.15) is 6.04 Å². The molecule has 0 spiro atoms. The van der Waals surface area contributed by atoms with Crippen LogP contribution >= 0.6 is 11.8 Å². The number of carbonyl (C=O) groups excluding carboxylic acids is 1. The summed E-state index contributed by atoms with van der Waals surface area (Å²) in [5.41, 5.74) is 3.36. The number of nitrogens with zero attached hydrogens (tertiary/aromatic N) is 4. The lowest BCUT2D eigenvalue weighted by Gasteiger charge is -2.28. The number of nitrogens with one attached hydrogen (secondary N) is 1. The van der Waals surface area contributed by atoms with Gasteiger partial charge >= 0.3 is 5.97 Å². The number of esters is 1. The third-order valence-corrected chi connectivity index (χ3v) is 5.53. The summed E-state index contributed by atoms with van der Waals surface area (Å²) in [6, 6.07) is 7.76. The lowest BCUT2D eigenvalue weighted by Crippen LogP contribution is -2.29. The minimum Gasteiger partial charge on any atom is -0.463 e. The van der Waals surface area contributed by atoms with E-state index in [0.29, 0.717) is 23.3 Å². The van der Waals surface area contributed by atoms with Gasteiger partial charge in [-0.05, 0) is 38.0 Å². The third-order valence-electron chi connectivity index (χ3n) is 4.49. The van der Waals surface area contributed by atoms with Crippen LogP contribution in [0.1, 0.15) is 38.8 Å². The highest BCUT2D eigenvalue weighted by Crippen LogP contribution is 2.37. The molecule has 7 nitrogen and oxygen atoms in total. The molecule has 0 bridgehead atoms. The molecule has 0 aliphatic carbocycles. The normalized spacial score (nSPS) is 15.8. The highest BCUT2D eigenvalue weighted by atomic mass is 32.2. The lowest BCUT2D eigenvalue weighted by molar-refractivity contribution is -0.139. The Hall–Kier alpha value is -2.48. The summed E-state index contributed by atoms with van der Waals surface area (Å²) < 4.78 is 7.13. The van der Waals surface area contributed by atoms with Crippen molar-refractivity contribution >= 4 is 29.4 Å². The standard InChI is InChI=1S/C20H27N5O2S/c1-6-12-28-20-22-19-21-13(3)16(18(26)27-7-2)17(25(19)23-20)14-8-10-15(11-9-14)24(4)5/h8-11,17H,6-7,12H2,1-5H3,(H,21,22,23). The number of hydrogen-bond donors (Lipinski definition) is 1. The van der Waals surface area contributed by atoms with E-state index in [4.69, 9.17) is 4.74 Å². The molecular weight excluding hydrogens is 374 g/mol. The van der Waals surface area contributed by atoms with Crippen LogP contribution in [0.5, 0.6) is 0 Å². The van der Waals surface area contributed by atoms with Crippen LogP contribution in [-0.4, -0.2) is 47.2 Å². The van der Waals surface area contributed by atoms with E-state index in [1.165, 1.54) is 0 Å². The number of rotatable bonds is 7. The number of hydrogen-bond acceptors (Lipinski definition) is 7. The average molecular weight is 402 g/mol. The second-order valence-corrected chi connectivity index (χ2v) is 7.85. The number of carbonyl (C=O) groups is 1. The SMILES string of the molecule is CCCSc1nc2n(n1)C(c1ccc(N(C)C)cc1)C(C(=O)OCC)=C(C)N2. The average Bonchev–Trinajstić information content (AvgIpc) is 3.07. The molecule has 1 unspecified atom stereocenters. The van der Waals surface area contributed by atoms with Crippen LogP contribution in [-0.2, 0) is 9.53 Å². The van der Waals surface area contributed by atoms with E-state index < -0.39 is 0 Å². The van der Waals surface area contributed by atoms with E-state index in [-0.39, 0.29) is 12.0 Å². The molecule has 0 radical (unpaired) electrons. The molecule has 150 valence electrons. The third kappa shape index (κ3) is 4.01. The van der Waals surface area contributed by atoms with Gasteiger partial charge in [-0.1, -0.05) is 30.8 Å². The topological polar surface area (TPSA) is 72.3 Å². The molecule has 1 aromatic carbocycles. The highest BCUT2D eigenvalue weighted by Gasteiger charge is 2.35. The summed E-state index contributed by atoms with van der Waals surface area (Å²) in [4.78, 5) is 19.4. The van der Waals surface area contributed by atoms with Crippen LogP contribution in [0.2, 0.25) is 0 Å². The molecule has 1 N–H and O–H groups in total. The quantitative estimate of drug-likeness (QED) is 0.560. The Morgan fingerprint density at radius 3 is 2.61 bits per heavy atom. The minimum absolute atomic E-state index is 0.323. The summed E-state index contributed by atoms with van der Waals surface area (Å²) in [7, 11) is 4.00. The second-order valence-electron chi connectivity index (χ2n) is 6.78. The van der Waals surface area contributed by atoms with Gasteiger partial charge in [-0.2, -0.15) is 4.98 Å². The van der Waals surface area contributed by atoms with Gasteiger partial charge < -0.3 is 15.0 Å². The molecule has 8 heteroatoms. The van der Waals surface area contributed by atoms with Gasteiger partial charge in [0.05, 0.1) is 12.2 Å². The Morgan fingerprint density at radius 2 is 2.00 bits per heavy atom. The van der Waals surface area contributed by atoms with Crippen LogP contribution in [0.3, 0.4) is 0 Å². The molecule has 2 heterocycles. The van der Waals surface area contributed by atoms with Crippen molar-refractivity contribution in [3.8, 4) is 0 Å². The Labute approximate surface area is 170 Å². The van der Waals surface area contributed by atoms with Crippen molar-refractivity contribution in [3.63, 3.8) is 0 Å². The van der Waals surface area contributed by atoms with Crippen molar-refractivity contribution in [2.45, 2.75) is 38.4 Å². The van der Waals surface area contributed by atoms with E-state index in [9.17, 15) is 4.79 Å². The Kier molecular flexibility index (Phi) is 6.28. The lowest BCUT2D eigenvalue weighted by atomic mass is 9.95. The van der Waals surface area contributed by atoms with Gasteiger partial charge in [0.25, 0.3) is 0 Å². The van der Waals surface area contributed by atoms with E-state index in [2.05, 4.69) is 22.3 Å². The fraction of sp³-hybridized carbons (Fsp3) is 0.450. The second kappa shape index (κ2) is 8.68. The van der Waals surface area contributed by atoms with Gasteiger partial charge in [-0.25, -0.2) is 9.48 Å². The molecule has 1 atom stereocenters. The number of aromatic nitrogens is 3. The molecule has 0 saturated heterocycles. The van der Waals surface area contributed by atoms with Crippen LogP contribution in [0, 0.1) is 0 Å². The zero-order valence-corrected chi connectivity index (χ0v) is 17.8. The predicted octanol–water partition coefficient (Wildman–Crippen LogP) is 3.70. The predicted molar refractivity (Wildman–Crippen MR) is 113 cm³/mol. The number of fused-ring (bicyclic) bond motifs is 1. The summed E-state index contributed by atoms with van der Waals surface area (Å²) >= 11 is 1.61. The number of allylic oxidation sites excluding steroid dienone is 1. The molecule has 1 aromatic heterocycles. The molecule has 28 heavy (non-hydrogen) atoms. The Morgan fingerprint density at radius 1 is 1.29 bits per heavy atom. The largest absolute Gasteiger partial charge is 0.463 e. The minimum atomic E-state index is -0.380. The molecule has 1 aliphatic heterocycles. The van der Waals surface area contributed by atoms with Crippen molar-refractivity contribution < 1.29 is 9.53 Å². The molecule has 0 saturated carbocycles. The molecule has 0 fully saturated rings. The summed E-state index contributed by atoms with van der Waals surface area (Å²) in [5.74, 6) is 1.26. The van der Waals surface area contributed by atoms with Crippen molar-refractivity contribution in [1.29, 1.82) is 0 Å². The summed E-state index contributed by atoms with van der Waals surface area (Å²) in [5, 5.41) is 8.61.